The van der Waals surface area contributed by atoms with Crippen LogP contribution in [0.5, 0.6) is 0 Å². The quantitative estimate of drug-likeness (QED) is 0.305. The maximum atomic E-state index is 13.5. The first-order chi connectivity index (χ1) is 18.0. The third-order valence-corrected chi connectivity index (χ3v) is 7.93. The average Bonchev–Trinajstić information content (AvgIpc) is 3.51. The Bertz CT molecular complexity index is 1720. The van der Waals surface area contributed by atoms with Crippen LogP contribution in [0.2, 0.25) is 0 Å². The number of rotatable bonds is 7. The molecular weight excluding hydrogens is 520 g/mol. The van der Waals surface area contributed by atoms with Crippen LogP contribution in [0.25, 0.3) is 5.65 Å². The molecule has 2 aromatic heterocycles. The van der Waals surface area contributed by atoms with Crippen LogP contribution >= 0.6 is 0 Å². The Morgan fingerprint density at radius 1 is 1.13 bits per heavy atom. The van der Waals surface area contributed by atoms with Gasteiger partial charge in [-0.05, 0) is 60.2 Å². The molecule has 0 unspecified atom stereocenters. The number of carbonyl (C=O) groups is 2. The number of benzene rings is 2. The third kappa shape index (κ3) is 4.61. The molecule has 1 amide bonds. The van der Waals surface area contributed by atoms with Crippen LogP contribution in [0.15, 0.2) is 53.7 Å². The van der Waals surface area contributed by atoms with Crippen LogP contribution in [0.1, 0.15) is 55.6 Å². The topological polar surface area (TPSA) is 143 Å². The predicted molar refractivity (Wildman–Crippen MR) is 130 cm³/mol. The first-order valence-corrected chi connectivity index (χ1v) is 13.0. The fraction of sp³-hybridized carbons (Fsp3) is 0.200. The van der Waals surface area contributed by atoms with E-state index < -0.39 is 39.6 Å². The van der Waals surface area contributed by atoms with E-state index in [9.17, 15) is 31.9 Å². The molecular formula is C25H21F2N5O5S. The molecule has 3 N–H and O–H groups in total. The van der Waals surface area contributed by atoms with Crippen LogP contribution in [0, 0.1) is 18.6 Å². The van der Waals surface area contributed by atoms with Gasteiger partial charge in [-0.2, -0.15) is 5.10 Å². The minimum Gasteiger partial charge on any atom is -0.478 e. The molecule has 10 nitrogen and oxygen atoms in total. The minimum absolute atomic E-state index is 0.111. The lowest BCUT2D eigenvalue weighted by Gasteiger charge is -2.16. The molecule has 38 heavy (non-hydrogen) atoms. The van der Waals surface area contributed by atoms with Gasteiger partial charge in [0.05, 0.1) is 11.8 Å². The first-order valence-electron chi connectivity index (χ1n) is 11.5. The lowest BCUT2D eigenvalue weighted by molar-refractivity contribution is 0.0695. The Hall–Kier alpha value is -4.23. The zero-order chi connectivity index (χ0) is 27.2. The Morgan fingerprint density at radius 3 is 2.66 bits per heavy atom. The zero-order valence-corrected chi connectivity index (χ0v) is 20.7. The van der Waals surface area contributed by atoms with Crippen molar-refractivity contribution < 1.29 is 31.9 Å². The smallest absolute Gasteiger partial charge is 0.335 e. The average molecular weight is 542 g/mol. The van der Waals surface area contributed by atoms with E-state index in [0.717, 1.165) is 28.3 Å². The zero-order valence-electron chi connectivity index (χ0n) is 19.9. The molecule has 196 valence electrons. The summed E-state index contributed by atoms with van der Waals surface area (Å²) in [6, 6.07) is 8.17. The number of carboxylic acid groups (broad SMARTS) is 1. The number of sulfonamides is 1. The van der Waals surface area contributed by atoms with Crippen molar-refractivity contribution in [1.29, 1.82) is 0 Å². The van der Waals surface area contributed by atoms with Crippen molar-refractivity contribution in [2.24, 2.45) is 0 Å². The van der Waals surface area contributed by atoms with Crippen molar-refractivity contribution in [3.05, 3.63) is 93.8 Å². The van der Waals surface area contributed by atoms with Gasteiger partial charge in [-0.3, -0.25) is 4.79 Å². The third-order valence-electron chi connectivity index (χ3n) is 6.49. The molecule has 0 radical (unpaired) electrons. The van der Waals surface area contributed by atoms with Crippen LogP contribution in [-0.4, -0.2) is 40.0 Å². The van der Waals surface area contributed by atoms with Gasteiger partial charge in [0, 0.05) is 24.7 Å². The standard InChI is InChI=1S/C25H21F2N5O5S/c1-13-15-5-7-20(17(15)4-3-16(13)25(34)35)31-38(36,37)23-11-21(30-22-8-9-29-32(22)23)24(33)28-12-14-2-6-18(26)19(27)10-14/h2-4,6,8-11,20,31H,5,7,12H2,1H3,(H,28,33)(H,34,35)/t20-/m0/s1. The van der Waals surface area contributed by atoms with E-state index in [1.54, 1.807) is 13.0 Å². The number of fused-ring (bicyclic) bond motifs is 2. The van der Waals surface area contributed by atoms with Crippen molar-refractivity contribution >= 4 is 27.5 Å². The van der Waals surface area contributed by atoms with E-state index in [-0.39, 0.29) is 28.5 Å². The summed E-state index contributed by atoms with van der Waals surface area (Å²) in [4.78, 5) is 28.4. The number of halogens is 2. The SMILES string of the molecule is Cc1c(C(=O)O)ccc2c1CC[C@@H]2NS(=O)(=O)c1cc(C(=O)NCc2ccc(F)c(F)c2)nc2ccnn12. The largest absolute Gasteiger partial charge is 0.478 e. The number of nitrogens with zero attached hydrogens (tertiary/aromatic N) is 3. The molecule has 0 spiro atoms. The van der Waals surface area contributed by atoms with Crippen molar-refractivity contribution in [1.82, 2.24) is 24.6 Å². The summed E-state index contributed by atoms with van der Waals surface area (Å²) in [5.41, 5.74) is 2.43. The number of hydrogen-bond donors (Lipinski definition) is 3. The summed E-state index contributed by atoms with van der Waals surface area (Å²) in [6.07, 6.45) is 2.26. The first kappa shape index (κ1) is 25.4. The van der Waals surface area contributed by atoms with Gasteiger partial charge in [0.1, 0.15) is 5.69 Å². The number of aromatic nitrogens is 3. The van der Waals surface area contributed by atoms with E-state index in [4.69, 9.17) is 0 Å². The molecule has 2 aromatic carbocycles. The number of aromatic carboxylic acids is 1. The summed E-state index contributed by atoms with van der Waals surface area (Å²) < 4.78 is 57.4. The molecule has 4 aromatic rings. The van der Waals surface area contributed by atoms with Gasteiger partial charge in [-0.1, -0.05) is 12.1 Å². The molecule has 13 heteroatoms. The molecule has 5 rings (SSSR count). The lowest BCUT2D eigenvalue weighted by Crippen LogP contribution is -2.30. The minimum atomic E-state index is -4.23. The second-order valence-corrected chi connectivity index (χ2v) is 10.5. The highest BCUT2D eigenvalue weighted by Crippen LogP contribution is 2.35. The van der Waals surface area contributed by atoms with Gasteiger partial charge in [-0.25, -0.2) is 36.2 Å². The highest BCUT2D eigenvalue weighted by Gasteiger charge is 2.32. The second kappa shape index (κ2) is 9.58. The number of amides is 1. The van der Waals surface area contributed by atoms with E-state index in [1.165, 1.54) is 24.4 Å². The lowest BCUT2D eigenvalue weighted by atomic mass is 9.98. The highest BCUT2D eigenvalue weighted by atomic mass is 32.2. The molecule has 1 aliphatic rings. The number of hydrogen-bond acceptors (Lipinski definition) is 6. The molecule has 0 saturated carbocycles. The van der Waals surface area contributed by atoms with Crippen molar-refractivity contribution in [2.45, 2.75) is 37.4 Å². The molecule has 2 heterocycles. The molecule has 1 aliphatic carbocycles. The van der Waals surface area contributed by atoms with Gasteiger partial charge >= 0.3 is 5.97 Å². The molecule has 0 bridgehead atoms. The van der Waals surface area contributed by atoms with E-state index in [1.807, 2.05) is 0 Å². The Labute approximate surface area is 215 Å². The molecule has 1 atom stereocenters. The highest BCUT2D eigenvalue weighted by molar-refractivity contribution is 7.89. The fourth-order valence-electron chi connectivity index (χ4n) is 4.60. The van der Waals surface area contributed by atoms with E-state index in [2.05, 4.69) is 20.1 Å². The Balaban J connectivity index is 1.42. The number of carboxylic acids is 1. The van der Waals surface area contributed by atoms with Crippen LogP contribution in [-0.2, 0) is 23.0 Å². The summed E-state index contributed by atoms with van der Waals surface area (Å²) >= 11 is 0. The predicted octanol–water partition coefficient (Wildman–Crippen LogP) is 2.91. The number of carbonyl (C=O) groups excluding carboxylic acids is 1. The van der Waals surface area contributed by atoms with Gasteiger partial charge in [-0.15, -0.1) is 0 Å². The normalized spacial score (nSPS) is 15.0. The molecule has 0 aliphatic heterocycles. The van der Waals surface area contributed by atoms with Crippen LogP contribution in [0.4, 0.5) is 8.78 Å². The monoisotopic (exact) mass is 541 g/mol. The van der Waals surface area contributed by atoms with Gasteiger partial charge in [0.15, 0.2) is 22.3 Å². The summed E-state index contributed by atoms with van der Waals surface area (Å²) in [5.74, 6) is -3.85. The van der Waals surface area contributed by atoms with E-state index >= 15 is 0 Å². The molecule has 0 fully saturated rings. The van der Waals surface area contributed by atoms with Crippen LogP contribution in [0.3, 0.4) is 0 Å². The Morgan fingerprint density at radius 2 is 1.92 bits per heavy atom. The maximum Gasteiger partial charge on any atom is 0.335 e. The van der Waals surface area contributed by atoms with Crippen molar-refractivity contribution in [2.75, 3.05) is 0 Å². The second-order valence-electron chi connectivity index (χ2n) is 8.84. The van der Waals surface area contributed by atoms with Crippen LogP contribution < -0.4 is 10.0 Å². The summed E-state index contributed by atoms with van der Waals surface area (Å²) in [5, 5.41) is 15.6. The fourth-order valence-corrected chi connectivity index (χ4v) is 5.97. The number of nitrogens with one attached hydrogen (secondary N) is 2. The Kier molecular flexibility index (Phi) is 6.41. The summed E-state index contributed by atoms with van der Waals surface area (Å²) in [7, 11) is -4.23. The molecule has 0 saturated heterocycles. The van der Waals surface area contributed by atoms with Gasteiger partial charge in [0.2, 0.25) is 0 Å². The summed E-state index contributed by atoms with van der Waals surface area (Å²) in [6.45, 7) is 1.56. The van der Waals surface area contributed by atoms with Gasteiger partial charge < -0.3 is 10.4 Å². The van der Waals surface area contributed by atoms with Gasteiger partial charge in [0.25, 0.3) is 15.9 Å². The van der Waals surface area contributed by atoms with E-state index in [0.29, 0.717) is 29.5 Å². The maximum absolute atomic E-state index is 13.5. The van der Waals surface area contributed by atoms with Crippen molar-refractivity contribution in [3.63, 3.8) is 0 Å². The van der Waals surface area contributed by atoms with Crippen molar-refractivity contribution in [3.8, 4) is 0 Å².